The molecular formula is C15H21Cl2N3O5. The monoisotopic (exact) mass is 393 g/mol. The fourth-order valence-corrected chi connectivity index (χ4v) is 2.62. The van der Waals surface area contributed by atoms with Gasteiger partial charge in [-0.05, 0) is 24.1 Å². The Kier molecular flexibility index (Phi) is 9.69. The summed E-state index contributed by atoms with van der Waals surface area (Å²) in [4.78, 5) is 27.0. The molecule has 0 heterocycles. The Morgan fingerprint density at radius 2 is 2.00 bits per heavy atom. The molecule has 140 valence electrons. The molecule has 0 amide bonds. The fourth-order valence-electron chi connectivity index (χ4n) is 2.24. The summed E-state index contributed by atoms with van der Waals surface area (Å²) < 4.78 is 0. The molecule has 0 aliphatic rings. The highest BCUT2D eigenvalue weighted by atomic mass is 35.5. The third kappa shape index (κ3) is 7.98. The highest BCUT2D eigenvalue weighted by molar-refractivity contribution is 6.18. The largest absolute Gasteiger partial charge is 0.481 e. The van der Waals surface area contributed by atoms with Crippen molar-refractivity contribution in [2.24, 2.45) is 5.73 Å². The Morgan fingerprint density at radius 3 is 2.52 bits per heavy atom. The Bertz CT molecular complexity index is 582. The van der Waals surface area contributed by atoms with E-state index in [1.54, 1.807) is 17.2 Å². The van der Waals surface area contributed by atoms with Gasteiger partial charge in [-0.3, -0.25) is 19.7 Å². The number of carboxylic acid groups (broad SMARTS) is 1. The van der Waals surface area contributed by atoms with Crippen molar-refractivity contribution in [3.05, 3.63) is 39.4 Å². The van der Waals surface area contributed by atoms with Crippen LogP contribution in [0, 0.1) is 10.1 Å². The van der Waals surface area contributed by atoms with Crippen LogP contribution in [0.15, 0.2) is 18.2 Å². The number of benzene rings is 1. The van der Waals surface area contributed by atoms with Crippen LogP contribution in [0.1, 0.15) is 17.5 Å². The molecule has 1 rings (SSSR count). The van der Waals surface area contributed by atoms with Crippen molar-refractivity contribution < 1.29 is 19.7 Å². The molecule has 1 atom stereocenters. The van der Waals surface area contributed by atoms with E-state index in [0.717, 1.165) is 0 Å². The van der Waals surface area contributed by atoms with Gasteiger partial charge in [0.1, 0.15) is 0 Å². The summed E-state index contributed by atoms with van der Waals surface area (Å²) >= 11 is 11.4. The highest BCUT2D eigenvalue weighted by Gasteiger charge is 2.18. The summed E-state index contributed by atoms with van der Waals surface area (Å²) in [5, 5.41) is 21.6. The van der Waals surface area contributed by atoms with Gasteiger partial charge in [-0.1, -0.05) is 0 Å². The van der Waals surface area contributed by atoms with E-state index < -0.39 is 16.9 Å². The zero-order valence-corrected chi connectivity index (χ0v) is 15.1. The Labute approximate surface area is 155 Å². The van der Waals surface area contributed by atoms with Crippen LogP contribution >= 0.6 is 23.2 Å². The minimum absolute atomic E-state index is 0.0868. The highest BCUT2D eigenvalue weighted by Crippen LogP contribution is 2.22. The van der Waals surface area contributed by atoms with Gasteiger partial charge in [0, 0.05) is 42.5 Å². The van der Waals surface area contributed by atoms with Crippen molar-refractivity contribution in [3.63, 3.8) is 0 Å². The maximum atomic E-state index is 11.2. The van der Waals surface area contributed by atoms with Gasteiger partial charge >= 0.3 is 5.97 Å². The van der Waals surface area contributed by atoms with Crippen LogP contribution in [-0.2, 0) is 22.7 Å². The molecule has 0 aliphatic heterocycles. The van der Waals surface area contributed by atoms with Crippen LogP contribution in [0.25, 0.3) is 0 Å². The predicted molar refractivity (Wildman–Crippen MR) is 94.8 cm³/mol. The molecule has 1 aromatic carbocycles. The molecule has 0 spiro atoms. The maximum Gasteiger partial charge on any atom is 0.304 e. The van der Waals surface area contributed by atoms with Crippen molar-refractivity contribution in [1.29, 1.82) is 0 Å². The first-order valence-corrected chi connectivity index (χ1v) is 8.67. The maximum absolute atomic E-state index is 11.2. The smallest absolute Gasteiger partial charge is 0.304 e. The minimum Gasteiger partial charge on any atom is -0.481 e. The van der Waals surface area contributed by atoms with Gasteiger partial charge in [0.05, 0.1) is 18.0 Å². The first kappa shape index (κ1) is 21.6. The predicted octanol–water partition coefficient (Wildman–Crippen LogP) is 2.15. The second kappa shape index (κ2) is 11.2. The van der Waals surface area contributed by atoms with Gasteiger partial charge in [0.2, 0.25) is 0 Å². The summed E-state index contributed by atoms with van der Waals surface area (Å²) in [5.74, 6) is -0.286. The lowest BCUT2D eigenvalue weighted by Crippen LogP contribution is -2.28. The van der Waals surface area contributed by atoms with Gasteiger partial charge in [-0.15, -0.1) is 23.2 Å². The number of nitro benzene ring substituents is 1. The van der Waals surface area contributed by atoms with Crippen LogP contribution in [0.2, 0.25) is 0 Å². The van der Waals surface area contributed by atoms with E-state index in [4.69, 9.17) is 38.9 Å². The minimum atomic E-state index is -1.05. The molecule has 0 saturated carbocycles. The van der Waals surface area contributed by atoms with E-state index in [0.29, 0.717) is 36.0 Å². The number of rotatable bonds is 12. The molecule has 0 aromatic heterocycles. The summed E-state index contributed by atoms with van der Waals surface area (Å²) in [6.07, 6.45) is -0.180. The summed E-state index contributed by atoms with van der Waals surface area (Å²) in [6, 6.07) is 3.86. The number of hydrogen-bond acceptors (Lipinski definition) is 6. The second-order valence-electron chi connectivity index (χ2n) is 5.36. The molecule has 8 nitrogen and oxygen atoms in total. The van der Waals surface area contributed by atoms with Crippen LogP contribution < -0.4 is 5.73 Å². The molecule has 0 fully saturated rings. The number of nitrogens with zero attached hydrogens (tertiary/aromatic N) is 2. The number of aliphatic carboxylic acids is 1. The van der Waals surface area contributed by atoms with E-state index in [9.17, 15) is 14.9 Å². The van der Waals surface area contributed by atoms with E-state index in [-0.39, 0.29) is 25.1 Å². The second-order valence-corrected chi connectivity index (χ2v) is 6.12. The number of alkyl halides is 2. The fraction of sp³-hybridized carbons (Fsp3) is 0.533. The van der Waals surface area contributed by atoms with Gasteiger partial charge < -0.3 is 10.8 Å². The number of carboxylic acids is 1. The van der Waals surface area contributed by atoms with E-state index >= 15 is 0 Å². The molecule has 1 unspecified atom stereocenters. The Hall–Kier alpha value is -1.45. The quantitative estimate of drug-likeness (QED) is 0.317. The molecule has 0 saturated heterocycles. The molecule has 0 bridgehead atoms. The summed E-state index contributed by atoms with van der Waals surface area (Å²) in [7, 11) is 0. The van der Waals surface area contributed by atoms with E-state index in [1.165, 1.54) is 6.07 Å². The first-order valence-electron chi connectivity index (χ1n) is 7.60. The molecule has 25 heavy (non-hydrogen) atoms. The van der Waals surface area contributed by atoms with Gasteiger partial charge in [0.25, 0.3) is 5.69 Å². The van der Waals surface area contributed by atoms with Crippen molar-refractivity contribution >= 4 is 34.9 Å². The molecule has 3 N–H and O–H groups in total. The molecule has 1 aromatic rings. The number of hydrogen-bond donors (Lipinski definition) is 2. The Balaban J connectivity index is 2.86. The summed E-state index contributed by atoms with van der Waals surface area (Å²) in [6.45, 7) is 1.18. The molecule has 10 heteroatoms. The van der Waals surface area contributed by atoms with Crippen LogP contribution in [0.5, 0.6) is 0 Å². The van der Waals surface area contributed by atoms with Crippen LogP contribution in [0.4, 0.5) is 5.69 Å². The zero-order chi connectivity index (χ0) is 18.8. The van der Waals surface area contributed by atoms with E-state index in [1.807, 2.05) is 0 Å². The SMILES string of the molecule is NC(CC(=O)O)Cc1cc(CON(CCCl)CCCl)ccc1[N+](=O)[O-]. The first-order chi connectivity index (χ1) is 11.9. The lowest BCUT2D eigenvalue weighted by molar-refractivity contribution is -0.385. The summed E-state index contributed by atoms with van der Waals surface area (Å²) in [5.41, 5.74) is 6.74. The lowest BCUT2D eigenvalue weighted by Gasteiger charge is -2.20. The van der Waals surface area contributed by atoms with Crippen molar-refractivity contribution in [2.45, 2.75) is 25.5 Å². The number of hydroxylamine groups is 2. The number of halogens is 2. The number of nitrogens with two attached hydrogens (primary N) is 1. The average molecular weight is 394 g/mol. The normalized spacial score (nSPS) is 12.3. The van der Waals surface area contributed by atoms with Crippen LogP contribution in [0.3, 0.4) is 0 Å². The molecule has 0 aliphatic carbocycles. The van der Waals surface area contributed by atoms with Crippen molar-refractivity contribution in [2.75, 3.05) is 24.8 Å². The van der Waals surface area contributed by atoms with Crippen molar-refractivity contribution in [3.8, 4) is 0 Å². The van der Waals surface area contributed by atoms with Gasteiger partial charge in [-0.2, -0.15) is 5.06 Å². The zero-order valence-electron chi connectivity index (χ0n) is 13.6. The lowest BCUT2D eigenvalue weighted by atomic mass is 10.0. The standard InChI is InChI=1S/C15H21Cl2N3O5/c16-3-5-19(6-4-17)25-10-11-1-2-14(20(23)24)12(7-11)8-13(18)9-15(21)22/h1-2,7,13H,3-6,8-10,18H2,(H,21,22). The van der Waals surface area contributed by atoms with Crippen molar-refractivity contribution in [1.82, 2.24) is 5.06 Å². The van der Waals surface area contributed by atoms with Gasteiger partial charge in [0.15, 0.2) is 0 Å². The number of nitro groups is 1. The third-order valence-corrected chi connectivity index (χ3v) is 3.68. The molecular weight excluding hydrogens is 373 g/mol. The van der Waals surface area contributed by atoms with Gasteiger partial charge in [-0.25, -0.2) is 0 Å². The Morgan fingerprint density at radius 1 is 1.36 bits per heavy atom. The molecule has 0 radical (unpaired) electrons. The van der Waals surface area contributed by atoms with Crippen LogP contribution in [-0.4, -0.2) is 52.0 Å². The number of carbonyl (C=O) groups is 1. The van der Waals surface area contributed by atoms with E-state index in [2.05, 4.69) is 0 Å². The average Bonchev–Trinajstić information content (AvgIpc) is 2.52. The third-order valence-electron chi connectivity index (χ3n) is 3.34. The topological polar surface area (TPSA) is 119 Å².